The summed E-state index contributed by atoms with van der Waals surface area (Å²) in [5.74, 6) is -0.956. The Morgan fingerprint density at radius 3 is 2.21 bits per heavy atom. The number of rotatable bonds is 5. The first-order valence-electron chi connectivity index (χ1n) is 4.66. The molecule has 0 rings (SSSR count). The van der Waals surface area contributed by atoms with Gasteiger partial charge in [-0.1, -0.05) is 13.8 Å². The summed E-state index contributed by atoms with van der Waals surface area (Å²) in [7, 11) is 2.81. The summed E-state index contributed by atoms with van der Waals surface area (Å²) in [6.45, 7) is 5.43. The fourth-order valence-corrected chi connectivity index (χ4v) is 1.75. The maximum absolute atomic E-state index is 11.4. The molecule has 0 radical (unpaired) electrons. The fourth-order valence-electron chi connectivity index (χ4n) is 1.75. The topological polar surface area (TPSA) is 55.8 Å². The van der Waals surface area contributed by atoms with Crippen molar-refractivity contribution in [3.8, 4) is 0 Å². The van der Waals surface area contributed by atoms with Gasteiger partial charge in [0.25, 0.3) is 0 Å². The van der Waals surface area contributed by atoms with Gasteiger partial charge in [0.05, 0.1) is 25.2 Å². The molecule has 84 valence electrons. The van der Waals surface area contributed by atoms with Crippen molar-refractivity contribution in [2.45, 2.75) is 26.4 Å². The number of aliphatic hydroxyl groups is 1. The summed E-state index contributed by atoms with van der Waals surface area (Å²) in [5.41, 5.74) is -1.18. The van der Waals surface area contributed by atoms with Gasteiger partial charge >= 0.3 is 5.97 Å². The molecule has 0 spiro atoms. The number of hydrogen-bond acceptors (Lipinski definition) is 4. The lowest BCUT2D eigenvalue weighted by molar-refractivity contribution is -0.162. The molecule has 2 atom stereocenters. The van der Waals surface area contributed by atoms with E-state index in [0.717, 1.165) is 0 Å². The van der Waals surface area contributed by atoms with E-state index in [-0.39, 0.29) is 12.5 Å². The molecule has 0 aromatic heterocycles. The Kier molecular flexibility index (Phi) is 5.08. The van der Waals surface area contributed by atoms with E-state index < -0.39 is 17.5 Å². The largest absolute Gasteiger partial charge is 0.469 e. The number of esters is 1. The predicted octanol–water partition coefficient (Wildman–Crippen LogP) is 0.829. The van der Waals surface area contributed by atoms with Crippen LogP contribution in [0.3, 0.4) is 0 Å². The molecule has 0 heterocycles. The third-order valence-corrected chi connectivity index (χ3v) is 2.23. The van der Waals surface area contributed by atoms with E-state index in [9.17, 15) is 9.90 Å². The molecule has 1 N–H and O–H groups in total. The molecular formula is C10H20O4. The van der Waals surface area contributed by atoms with Crippen molar-refractivity contribution in [3.05, 3.63) is 0 Å². The predicted molar refractivity (Wildman–Crippen MR) is 52.8 cm³/mol. The highest BCUT2D eigenvalue weighted by atomic mass is 16.5. The quantitative estimate of drug-likeness (QED) is 0.674. The zero-order valence-corrected chi connectivity index (χ0v) is 9.53. The number of carbonyl (C=O) groups excluding carboxylic acids is 1. The first-order valence-corrected chi connectivity index (χ1v) is 4.66. The Morgan fingerprint density at radius 1 is 1.43 bits per heavy atom. The lowest BCUT2D eigenvalue weighted by Crippen LogP contribution is -2.46. The van der Waals surface area contributed by atoms with Crippen LogP contribution in [-0.2, 0) is 14.3 Å². The molecule has 0 fully saturated rings. The van der Waals surface area contributed by atoms with Crippen LogP contribution < -0.4 is 0 Å². The molecule has 0 aromatic rings. The second kappa shape index (κ2) is 5.32. The minimum atomic E-state index is -1.18. The smallest absolute Gasteiger partial charge is 0.311 e. The van der Waals surface area contributed by atoms with Crippen molar-refractivity contribution in [2.24, 2.45) is 11.8 Å². The molecule has 0 aliphatic heterocycles. The number of carbonyl (C=O) groups is 1. The van der Waals surface area contributed by atoms with Gasteiger partial charge in [-0.05, 0) is 12.8 Å². The third kappa shape index (κ3) is 3.27. The monoisotopic (exact) mass is 204 g/mol. The Hall–Kier alpha value is -0.610. The van der Waals surface area contributed by atoms with Crippen LogP contribution in [0.2, 0.25) is 0 Å². The van der Waals surface area contributed by atoms with Crippen LogP contribution in [0.1, 0.15) is 20.8 Å². The summed E-state index contributed by atoms with van der Waals surface area (Å²) in [6.07, 6.45) is 0. The molecule has 0 saturated heterocycles. The molecule has 4 nitrogen and oxygen atoms in total. The zero-order valence-electron chi connectivity index (χ0n) is 9.53. The average Bonchev–Trinajstić information content (AvgIpc) is 2.02. The SMILES string of the molecule is COCC(C)(O)C(C(=O)OC)C(C)C. The van der Waals surface area contributed by atoms with E-state index in [1.165, 1.54) is 14.2 Å². The number of ether oxygens (including phenoxy) is 2. The van der Waals surface area contributed by atoms with Crippen LogP contribution >= 0.6 is 0 Å². The van der Waals surface area contributed by atoms with Crippen LogP contribution in [0.5, 0.6) is 0 Å². The molecule has 2 unspecified atom stereocenters. The molecule has 4 heteroatoms. The highest BCUT2D eigenvalue weighted by molar-refractivity contribution is 5.74. The van der Waals surface area contributed by atoms with Crippen LogP contribution in [0.25, 0.3) is 0 Å². The van der Waals surface area contributed by atoms with Gasteiger partial charge in [0, 0.05) is 7.11 Å². The van der Waals surface area contributed by atoms with Crippen molar-refractivity contribution >= 4 is 5.97 Å². The third-order valence-electron chi connectivity index (χ3n) is 2.23. The Balaban J connectivity index is 4.72. The van der Waals surface area contributed by atoms with Crippen molar-refractivity contribution in [1.82, 2.24) is 0 Å². The summed E-state index contributed by atoms with van der Waals surface area (Å²) in [4.78, 5) is 11.4. The number of methoxy groups -OCH3 is 2. The highest BCUT2D eigenvalue weighted by Crippen LogP contribution is 2.26. The van der Waals surface area contributed by atoms with E-state index in [0.29, 0.717) is 0 Å². The summed E-state index contributed by atoms with van der Waals surface area (Å²) in [6, 6.07) is 0. The van der Waals surface area contributed by atoms with Crippen molar-refractivity contribution in [3.63, 3.8) is 0 Å². The molecule has 14 heavy (non-hydrogen) atoms. The van der Waals surface area contributed by atoms with Crippen LogP contribution in [0.4, 0.5) is 0 Å². The molecule has 0 saturated carbocycles. The summed E-state index contributed by atoms with van der Waals surface area (Å²) >= 11 is 0. The first-order chi connectivity index (χ1) is 6.36. The lowest BCUT2D eigenvalue weighted by atomic mass is 9.81. The van der Waals surface area contributed by atoms with Crippen LogP contribution in [-0.4, -0.2) is 37.5 Å². The minimum absolute atomic E-state index is 0.00704. The van der Waals surface area contributed by atoms with Crippen molar-refractivity contribution < 1.29 is 19.4 Å². The normalized spacial score (nSPS) is 17.6. The Morgan fingerprint density at radius 2 is 1.93 bits per heavy atom. The average molecular weight is 204 g/mol. The summed E-state index contributed by atoms with van der Waals surface area (Å²) < 4.78 is 9.53. The van der Waals surface area contributed by atoms with Gasteiger partial charge in [-0.2, -0.15) is 0 Å². The van der Waals surface area contributed by atoms with E-state index in [2.05, 4.69) is 4.74 Å². The van der Waals surface area contributed by atoms with Crippen LogP contribution in [0.15, 0.2) is 0 Å². The van der Waals surface area contributed by atoms with E-state index in [4.69, 9.17) is 4.74 Å². The van der Waals surface area contributed by atoms with E-state index in [1.807, 2.05) is 13.8 Å². The Labute approximate surface area is 85.2 Å². The molecular weight excluding hydrogens is 184 g/mol. The van der Waals surface area contributed by atoms with Gasteiger partial charge in [-0.3, -0.25) is 4.79 Å². The Bertz CT molecular complexity index is 187. The van der Waals surface area contributed by atoms with Gasteiger partial charge < -0.3 is 14.6 Å². The van der Waals surface area contributed by atoms with Crippen LogP contribution in [0, 0.1) is 11.8 Å². The molecule has 0 aliphatic carbocycles. The van der Waals surface area contributed by atoms with Gasteiger partial charge in [-0.15, -0.1) is 0 Å². The second-order valence-corrected chi connectivity index (χ2v) is 4.04. The first kappa shape index (κ1) is 13.4. The number of hydrogen-bond donors (Lipinski definition) is 1. The summed E-state index contributed by atoms with van der Waals surface area (Å²) in [5, 5.41) is 10.0. The second-order valence-electron chi connectivity index (χ2n) is 4.04. The molecule has 0 amide bonds. The van der Waals surface area contributed by atoms with Gasteiger partial charge in [-0.25, -0.2) is 0 Å². The fraction of sp³-hybridized carbons (Fsp3) is 0.900. The highest BCUT2D eigenvalue weighted by Gasteiger charge is 2.40. The maximum Gasteiger partial charge on any atom is 0.311 e. The van der Waals surface area contributed by atoms with Gasteiger partial charge in [0.1, 0.15) is 0 Å². The van der Waals surface area contributed by atoms with Gasteiger partial charge in [0.2, 0.25) is 0 Å². The lowest BCUT2D eigenvalue weighted by Gasteiger charge is -2.32. The minimum Gasteiger partial charge on any atom is -0.469 e. The zero-order chi connectivity index (χ0) is 11.4. The van der Waals surface area contributed by atoms with Gasteiger partial charge in [0.15, 0.2) is 0 Å². The molecule has 0 aliphatic rings. The van der Waals surface area contributed by atoms with E-state index >= 15 is 0 Å². The molecule has 0 bridgehead atoms. The van der Waals surface area contributed by atoms with Crippen molar-refractivity contribution in [2.75, 3.05) is 20.8 Å². The standard InChI is InChI=1S/C10H20O4/c1-7(2)8(9(11)14-5)10(3,12)6-13-4/h7-8,12H,6H2,1-5H3. The molecule has 0 aromatic carbocycles. The maximum atomic E-state index is 11.4. The van der Waals surface area contributed by atoms with E-state index in [1.54, 1.807) is 6.92 Å². The van der Waals surface area contributed by atoms with Crippen molar-refractivity contribution in [1.29, 1.82) is 0 Å².